The van der Waals surface area contributed by atoms with Crippen LogP contribution in [0.25, 0.3) is 11.3 Å². The molecule has 1 heterocycles. The van der Waals surface area contributed by atoms with Crippen LogP contribution in [0.3, 0.4) is 0 Å². The van der Waals surface area contributed by atoms with Crippen LogP contribution in [0, 0.1) is 12.7 Å². The molecular formula is C11H12FN3. The highest BCUT2D eigenvalue weighted by atomic mass is 19.1. The summed E-state index contributed by atoms with van der Waals surface area (Å²) in [6, 6.07) is 4.99. The summed E-state index contributed by atoms with van der Waals surface area (Å²) in [6.07, 6.45) is 1.70. The van der Waals surface area contributed by atoms with Crippen LogP contribution in [-0.2, 0) is 7.05 Å². The number of halogens is 1. The Kier molecular flexibility index (Phi) is 2.19. The summed E-state index contributed by atoms with van der Waals surface area (Å²) >= 11 is 0. The number of aromatic nitrogens is 2. The molecule has 3 nitrogen and oxygen atoms in total. The van der Waals surface area contributed by atoms with Gasteiger partial charge in [-0.1, -0.05) is 12.1 Å². The van der Waals surface area contributed by atoms with Gasteiger partial charge >= 0.3 is 0 Å². The number of anilines is 1. The van der Waals surface area contributed by atoms with Gasteiger partial charge in [0.2, 0.25) is 0 Å². The lowest BCUT2D eigenvalue weighted by Crippen LogP contribution is -1.90. The number of benzene rings is 1. The second-order valence-corrected chi connectivity index (χ2v) is 3.57. The average Bonchev–Trinajstić information content (AvgIpc) is 2.50. The van der Waals surface area contributed by atoms with Gasteiger partial charge in [-0.05, 0) is 18.6 Å². The summed E-state index contributed by atoms with van der Waals surface area (Å²) in [4.78, 5) is 0. The molecule has 0 amide bonds. The standard InChI is InChI=1S/C11H12FN3/c1-7-3-4-8(5-9(7)12)11-10(13)6-15(2)14-11/h3-6H,13H2,1-2H3. The minimum atomic E-state index is -0.238. The Morgan fingerprint density at radius 1 is 1.40 bits per heavy atom. The second kappa shape index (κ2) is 3.38. The van der Waals surface area contributed by atoms with Crippen LogP contribution in [0.4, 0.5) is 10.1 Å². The highest BCUT2D eigenvalue weighted by molar-refractivity contribution is 5.72. The van der Waals surface area contributed by atoms with Crippen molar-refractivity contribution in [1.82, 2.24) is 9.78 Å². The molecule has 2 rings (SSSR count). The van der Waals surface area contributed by atoms with E-state index in [9.17, 15) is 4.39 Å². The second-order valence-electron chi connectivity index (χ2n) is 3.57. The lowest BCUT2D eigenvalue weighted by molar-refractivity contribution is 0.619. The minimum absolute atomic E-state index is 0.238. The first-order valence-electron chi connectivity index (χ1n) is 4.63. The van der Waals surface area contributed by atoms with E-state index in [1.807, 2.05) is 6.07 Å². The number of nitrogen functional groups attached to an aromatic ring is 1. The number of hydrogen-bond acceptors (Lipinski definition) is 2. The molecule has 2 N–H and O–H groups in total. The van der Waals surface area contributed by atoms with E-state index in [-0.39, 0.29) is 5.82 Å². The van der Waals surface area contributed by atoms with E-state index in [0.29, 0.717) is 22.5 Å². The topological polar surface area (TPSA) is 43.8 Å². The van der Waals surface area contributed by atoms with Gasteiger partial charge in [-0.15, -0.1) is 0 Å². The molecule has 15 heavy (non-hydrogen) atoms. The predicted molar refractivity (Wildman–Crippen MR) is 57.8 cm³/mol. The maximum atomic E-state index is 13.3. The zero-order valence-electron chi connectivity index (χ0n) is 8.66. The van der Waals surface area contributed by atoms with Crippen molar-refractivity contribution >= 4 is 5.69 Å². The summed E-state index contributed by atoms with van der Waals surface area (Å²) in [6.45, 7) is 1.72. The fourth-order valence-corrected chi connectivity index (χ4v) is 1.47. The first-order valence-corrected chi connectivity index (χ1v) is 4.63. The number of rotatable bonds is 1. The molecule has 0 fully saturated rings. The van der Waals surface area contributed by atoms with Gasteiger partial charge in [-0.3, -0.25) is 4.68 Å². The summed E-state index contributed by atoms with van der Waals surface area (Å²) in [5.74, 6) is -0.238. The van der Waals surface area contributed by atoms with Crippen molar-refractivity contribution < 1.29 is 4.39 Å². The van der Waals surface area contributed by atoms with E-state index in [4.69, 9.17) is 5.73 Å². The first-order chi connectivity index (χ1) is 7.08. The lowest BCUT2D eigenvalue weighted by Gasteiger charge is -2.00. The van der Waals surface area contributed by atoms with Crippen LogP contribution in [-0.4, -0.2) is 9.78 Å². The molecule has 0 aliphatic heterocycles. The Labute approximate surface area is 87.3 Å². The molecule has 0 aliphatic carbocycles. The number of aryl methyl sites for hydroxylation is 2. The van der Waals surface area contributed by atoms with Crippen LogP contribution >= 0.6 is 0 Å². The Balaban J connectivity index is 2.54. The molecule has 0 saturated heterocycles. The fraction of sp³-hybridized carbons (Fsp3) is 0.182. The van der Waals surface area contributed by atoms with Gasteiger partial charge in [0.05, 0.1) is 5.69 Å². The van der Waals surface area contributed by atoms with Gasteiger partial charge < -0.3 is 5.73 Å². The summed E-state index contributed by atoms with van der Waals surface area (Å²) in [7, 11) is 1.78. The summed E-state index contributed by atoms with van der Waals surface area (Å²) < 4.78 is 14.9. The molecule has 0 aliphatic rings. The summed E-state index contributed by atoms with van der Waals surface area (Å²) in [5.41, 5.74) is 8.26. The molecule has 0 bridgehead atoms. The highest BCUT2D eigenvalue weighted by Crippen LogP contribution is 2.25. The third kappa shape index (κ3) is 1.70. The van der Waals surface area contributed by atoms with E-state index < -0.39 is 0 Å². The van der Waals surface area contributed by atoms with Crippen LogP contribution in [0.2, 0.25) is 0 Å². The van der Waals surface area contributed by atoms with E-state index in [1.165, 1.54) is 6.07 Å². The Hall–Kier alpha value is -1.84. The molecule has 1 aromatic heterocycles. The van der Waals surface area contributed by atoms with Gasteiger partial charge in [-0.25, -0.2) is 4.39 Å². The Morgan fingerprint density at radius 3 is 2.67 bits per heavy atom. The molecule has 2 aromatic rings. The molecular weight excluding hydrogens is 193 g/mol. The molecule has 0 atom stereocenters. The van der Waals surface area contributed by atoms with Crippen molar-refractivity contribution in [2.45, 2.75) is 6.92 Å². The Morgan fingerprint density at radius 2 is 2.13 bits per heavy atom. The monoisotopic (exact) mass is 205 g/mol. The molecule has 0 radical (unpaired) electrons. The molecule has 4 heteroatoms. The van der Waals surface area contributed by atoms with Gasteiger partial charge in [0.1, 0.15) is 11.5 Å². The van der Waals surface area contributed by atoms with Gasteiger partial charge in [-0.2, -0.15) is 5.10 Å². The third-order valence-corrected chi connectivity index (χ3v) is 2.30. The van der Waals surface area contributed by atoms with Crippen LogP contribution in [0.5, 0.6) is 0 Å². The van der Waals surface area contributed by atoms with Crippen molar-refractivity contribution in [1.29, 1.82) is 0 Å². The average molecular weight is 205 g/mol. The molecule has 0 saturated carbocycles. The van der Waals surface area contributed by atoms with Gasteiger partial charge in [0.15, 0.2) is 0 Å². The van der Waals surface area contributed by atoms with Crippen LogP contribution < -0.4 is 5.73 Å². The van der Waals surface area contributed by atoms with E-state index in [0.717, 1.165) is 0 Å². The van der Waals surface area contributed by atoms with E-state index >= 15 is 0 Å². The number of nitrogens with two attached hydrogens (primary N) is 1. The lowest BCUT2D eigenvalue weighted by atomic mass is 10.1. The van der Waals surface area contributed by atoms with Crippen molar-refractivity contribution in [3.05, 3.63) is 35.8 Å². The molecule has 0 unspecified atom stereocenters. The SMILES string of the molecule is Cc1ccc(-c2nn(C)cc2N)cc1F. The molecule has 78 valence electrons. The highest BCUT2D eigenvalue weighted by Gasteiger charge is 2.08. The normalized spacial score (nSPS) is 10.6. The minimum Gasteiger partial charge on any atom is -0.396 e. The van der Waals surface area contributed by atoms with E-state index in [2.05, 4.69) is 5.10 Å². The van der Waals surface area contributed by atoms with Crippen molar-refractivity contribution in [3.8, 4) is 11.3 Å². The number of nitrogens with zero attached hydrogens (tertiary/aromatic N) is 2. The maximum absolute atomic E-state index is 13.3. The smallest absolute Gasteiger partial charge is 0.126 e. The van der Waals surface area contributed by atoms with E-state index in [1.54, 1.807) is 30.9 Å². The first kappa shape index (κ1) is 9.71. The van der Waals surface area contributed by atoms with Crippen molar-refractivity contribution in [3.63, 3.8) is 0 Å². The van der Waals surface area contributed by atoms with Crippen LogP contribution in [0.15, 0.2) is 24.4 Å². The zero-order chi connectivity index (χ0) is 11.0. The largest absolute Gasteiger partial charge is 0.396 e. The molecule has 1 aromatic carbocycles. The summed E-state index contributed by atoms with van der Waals surface area (Å²) in [5, 5.41) is 4.18. The Bertz CT molecular complexity index is 503. The van der Waals surface area contributed by atoms with Gasteiger partial charge in [0.25, 0.3) is 0 Å². The molecule has 0 spiro atoms. The van der Waals surface area contributed by atoms with Gasteiger partial charge in [0, 0.05) is 18.8 Å². The predicted octanol–water partition coefficient (Wildman–Crippen LogP) is 2.12. The van der Waals surface area contributed by atoms with Crippen LogP contribution in [0.1, 0.15) is 5.56 Å². The van der Waals surface area contributed by atoms with Crippen molar-refractivity contribution in [2.24, 2.45) is 7.05 Å². The third-order valence-electron chi connectivity index (χ3n) is 2.30. The number of hydrogen-bond donors (Lipinski definition) is 1. The zero-order valence-corrected chi connectivity index (χ0v) is 8.66. The fourth-order valence-electron chi connectivity index (χ4n) is 1.47. The van der Waals surface area contributed by atoms with Crippen molar-refractivity contribution in [2.75, 3.05) is 5.73 Å². The quantitative estimate of drug-likeness (QED) is 0.774. The maximum Gasteiger partial charge on any atom is 0.126 e.